The number of halogens is 1. The third-order valence-corrected chi connectivity index (χ3v) is 4.31. The molecule has 0 saturated heterocycles. The smallest absolute Gasteiger partial charge is 0.338 e. The van der Waals surface area contributed by atoms with Crippen LogP contribution >= 0.6 is 11.6 Å². The minimum absolute atomic E-state index is 0.170. The molecule has 6 nitrogen and oxygen atoms in total. The normalized spacial score (nSPS) is 10.6. The van der Waals surface area contributed by atoms with Crippen LogP contribution in [0.15, 0.2) is 30.3 Å². The minimum atomic E-state index is -0.684. The van der Waals surface area contributed by atoms with Gasteiger partial charge in [-0.15, -0.1) is 0 Å². The molecule has 0 heterocycles. The van der Waals surface area contributed by atoms with Gasteiger partial charge in [0.15, 0.2) is 18.1 Å². The van der Waals surface area contributed by atoms with Crippen molar-refractivity contribution in [2.24, 2.45) is 5.92 Å². The van der Waals surface area contributed by atoms with E-state index in [0.717, 1.165) is 11.1 Å². The molecule has 29 heavy (non-hydrogen) atoms. The van der Waals surface area contributed by atoms with Crippen molar-refractivity contribution < 1.29 is 23.8 Å². The number of ether oxygens (including phenoxy) is 3. The van der Waals surface area contributed by atoms with Crippen molar-refractivity contribution in [2.45, 2.75) is 27.7 Å². The molecule has 7 heteroatoms. The number of carbonyl (C=O) groups is 2. The zero-order valence-electron chi connectivity index (χ0n) is 17.3. The van der Waals surface area contributed by atoms with Crippen LogP contribution in [0.5, 0.6) is 11.5 Å². The number of benzene rings is 2. The fourth-order valence-corrected chi connectivity index (χ4v) is 2.76. The van der Waals surface area contributed by atoms with Crippen LogP contribution in [0.1, 0.15) is 35.3 Å². The quantitative estimate of drug-likeness (QED) is 0.622. The maximum Gasteiger partial charge on any atom is 0.338 e. The first-order valence-electron chi connectivity index (χ1n) is 9.25. The molecule has 2 rings (SSSR count). The van der Waals surface area contributed by atoms with E-state index in [4.69, 9.17) is 25.8 Å². The average Bonchev–Trinajstić information content (AvgIpc) is 2.67. The zero-order chi connectivity index (χ0) is 21.6. The summed E-state index contributed by atoms with van der Waals surface area (Å²) in [6, 6.07) is 8.64. The number of carbonyl (C=O) groups excluding carboxylic acids is 2. The van der Waals surface area contributed by atoms with Crippen LogP contribution in [0.25, 0.3) is 0 Å². The van der Waals surface area contributed by atoms with E-state index in [1.807, 2.05) is 45.9 Å². The lowest BCUT2D eigenvalue weighted by molar-refractivity contribution is -0.119. The number of methoxy groups -OCH3 is 1. The van der Waals surface area contributed by atoms with Crippen molar-refractivity contribution in [3.63, 3.8) is 0 Å². The molecular formula is C22H26ClNO5. The number of esters is 1. The van der Waals surface area contributed by atoms with Crippen LogP contribution in [0.4, 0.5) is 5.69 Å². The van der Waals surface area contributed by atoms with Gasteiger partial charge in [0.25, 0.3) is 5.91 Å². The Morgan fingerprint density at radius 1 is 1.14 bits per heavy atom. The Balaban J connectivity index is 2.03. The number of anilines is 1. The lowest BCUT2D eigenvalue weighted by atomic mass is 10.1. The number of hydrogen-bond acceptors (Lipinski definition) is 5. The molecule has 2 aromatic carbocycles. The van der Waals surface area contributed by atoms with Crippen molar-refractivity contribution in [3.8, 4) is 11.5 Å². The minimum Gasteiger partial charge on any atom is -0.493 e. The molecule has 0 fully saturated rings. The number of amides is 1. The summed E-state index contributed by atoms with van der Waals surface area (Å²) in [4.78, 5) is 24.5. The van der Waals surface area contributed by atoms with E-state index in [-0.39, 0.29) is 10.6 Å². The molecule has 2 aromatic rings. The highest BCUT2D eigenvalue weighted by atomic mass is 35.5. The molecule has 0 aliphatic rings. The molecule has 0 aliphatic heterocycles. The largest absolute Gasteiger partial charge is 0.493 e. The first-order valence-corrected chi connectivity index (χ1v) is 9.63. The molecular weight excluding hydrogens is 394 g/mol. The summed E-state index contributed by atoms with van der Waals surface area (Å²) in [6.45, 7) is 7.88. The monoisotopic (exact) mass is 419 g/mol. The molecule has 0 unspecified atom stereocenters. The second kappa shape index (κ2) is 10.2. The van der Waals surface area contributed by atoms with Crippen molar-refractivity contribution >= 4 is 29.2 Å². The summed E-state index contributed by atoms with van der Waals surface area (Å²) >= 11 is 6.25. The van der Waals surface area contributed by atoms with Crippen LogP contribution in [-0.4, -0.2) is 32.2 Å². The molecule has 1 N–H and O–H groups in total. The first kappa shape index (κ1) is 22.6. The van der Waals surface area contributed by atoms with Crippen LogP contribution < -0.4 is 14.8 Å². The number of aryl methyl sites for hydroxylation is 2. The van der Waals surface area contributed by atoms with Gasteiger partial charge in [-0.3, -0.25) is 4.79 Å². The van der Waals surface area contributed by atoms with Crippen molar-refractivity contribution in [1.82, 2.24) is 0 Å². The summed E-state index contributed by atoms with van der Waals surface area (Å²) in [6.07, 6.45) is 0. The summed E-state index contributed by atoms with van der Waals surface area (Å²) in [7, 11) is 1.46. The van der Waals surface area contributed by atoms with Gasteiger partial charge in [0.05, 0.1) is 24.3 Å². The van der Waals surface area contributed by atoms with Gasteiger partial charge in [-0.25, -0.2) is 4.79 Å². The maximum atomic E-state index is 12.4. The molecule has 0 aromatic heterocycles. The lowest BCUT2D eigenvalue weighted by Crippen LogP contribution is -2.21. The summed E-state index contributed by atoms with van der Waals surface area (Å²) in [5, 5.41) is 2.97. The maximum absolute atomic E-state index is 12.4. The Kier molecular flexibility index (Phi) is 7.91. The molecule has 0 spiro atoms. The molecule has 1 amide bonds. The van der Waals surface area contributed by atoms with Crippen LogP contribution in [-0.2, 0) is 9.53 Å². The number of rotatable bonds is 8. The third kappa shape index (κ3) is 6.39. The van der Waals surface area contributed by atoms with Crippen molar-refractivity contribution in [3.05, 3.63) is 52.0 Å². The Morgan fingerprint density at radius 2 is 1.86 bits per heavy atom. The van der Waals surface area contributed by atoms with Gasteiger partial charge in [0, 0.05) is 5.69 Å². The summed E-state index contributed by atoms with van der Waals surface area (Å²) in [5.74, 6) is -0.119. The third-order valence-electron chi connectivity index (χ3n) is 4.03. The van der Waals surface area contributed by atoms with E-state index in [9.17, 15) is 9.59 Å². The fraction of sp³-hybridized carbons (Fsp3) is 0.364. The van der Waals surface area contributed by atoms with E-state index < -0.39 is 18.5 Å². The molecule has 0 atom stereocenters. The van der Waals surface area contributed by atoms with E-state index in [1.54, 1.807) is 0 Å². The Morgan fingerprint density at radius 3 is 2.52 bits per heavy atom. The summed E-state index contributed by atoms with van der Waals surface area (Å²) < 4.78 is 16.1. The molecule has 156 valence electrons. The van der Waals surface area contributed by atoms with Crippen LogP contribution in [0, 0.1) is 19.8 Å². The molecule has 0 radical (unpaired) electrons. The van der Waals surface area contributed by atoms with Gasteiger partial charge in [-0.1, -0.05) is 37.6 Å². The van der Waals surface area contributed by atoms with Crippen molar-refractivity contribution in [2.75, 3.05) is 25.6 Å². The highest BCUT2D eigenvalue weighted by Gasteiger charge is 2.18. The van der Waals surface area contributed by atoms with E-state index in [2.05, 4.69) is 5.32 Å². The fourth-order valence-electron chi connectivity index (χ4n) is 2.50. The zero-order valence-corrected chi connectivity index (χ0v) is 18.1. The number of nitrogens with one attached hydrogen (secondary N) is 1. The second-order valence-electron chi connectivity index (χ2n) is 7.14. The lowest BCUT2D eigenvalue weighted by Gasteiger charge is -2.15. The van der Waals surface area contributed by atoms with E-state index in [1.165, 1.54) is 19.2 Å². The highest BCUT2D eigenvalue weighted by Crippen LogP contribution is 2.37. The molecule has 0 aliphatic carbocycles. The second-order valence-corrected chi connectivity index (χ2v) is 7.54. The first-order chi connectivity index (χ1) is 13.7. The van der Waals surface area contributed by atoms with E-state index in [0.29, 0.717) is 29.7 Å². The Bertz CT molecular complexity index is 895. The predicted molar refractivity (Wildman–Crippen MR) is 113 cm³/mol. The van der Waals surface area contributed by atoms with Gasteiger partial charge in [0.2, 0.25) is 0 Å². The average molecular weight is 420 g/mol. The van der Waals surface area contributed by atoms with Gasteiger partial charge in [0.1, 0.15) is 0 Å². The Labute approximate surface area is 176 Å². The number of hydrogen-bond donors (Lipinski definition) is 1. The SMILES string of the molecule is COc1cc(C(=O)OCC(=O)Nc2cc(C)ccc2C)cc(Cl)c1OCC(C)C. The van der Waals surface area contributed by atoms with Crippen molar-refractivity contribution in [1.29, 1.82) is 0 Å². The molecule has 0 bridgehead atoms. The van der Waals surface area contributed by atoms with Crippen LogP contribution in [0.3, 0.4) is 0 Å². The van der Waals surface area contributed by atoms with Gasteiger partial charge < -0.3 is 19.5 Å². The van der Waals surface area contributed by atoms with Gasteiger partial charge in [-0.2, -0.15) is 0 Å². The van der Waals surface area contributed by atoms with E-state index >= 15 is 0 Å². The highest BCUT2D eigenvalue weighted by molar-refractivity contribution is 6.32. The predicted octanol–water partition coefficient (Wildman–Crippen LogP) is 4.80. The topological polar surface area (TPSA) is 73.9 Å². The standard InChI is InChI=1S/C22H26ClNO5/c1-13(2)11-28-21-17(23)9-16(10-19(21)27-5)22(26)29-12-20(25)24-18-8-14(3)6-7-15(18)4/h6-10,13H,11-12H2,1-5H3,(H,24,25). The van der Waals surface area contributed by atoms with Gasteiger partial charge in [-0.05, 0) is 49.1 Å². The van der Waals surface area contributed by atoms with Crippen LogP contribution in [0.2, 0.25) is 5.02 Å². The Hall–Kier alpha value is -2.73. The van der Waals surface area contributed by atoms with Gasteiger partial charge >= 0.3 is 5.97 Å². The molecule has 0 saturated carbocycles. The summed E-state index contributed by atoms with van der Waals surface area (Å²) in [5.41, 5.74) is 2.79.